The number of hydrogen-bond donors (Lipinski definition) is 2. The van der Waals surface area contributed by atoms with Gasteiger partial charge in [-0.15, -0.1) is 11.3 Å². The maximum Gasteiger partial charge on any atom is 0.142 e. The lowest BCUT2D eigenvalue weighted by molar-refractivity contribution is 0.463. The number of nitrogens with two attached hydrogens (primary N) is 1. The summed E-state index contributed by atoms with van der Waals surface area (Å²) in [6.07, 6.45) is 8.63. The van der Waals surface area contributed by atoms with Crippen molar-refractivity contribution >= 4 is 17.0 Å². The van der Waals surface area contributed by atoms with E-state index in [4.69, 9.17) is 5.73 Å². The SMILES string of the molecule is CCCc1c(CCc2cccs2)c(N)c(O)c2c1CCCC2. The van der Waals surface area contributed by atoms with E-state index < -0.39 is 0 Å². The summed E-state index contributed by atoms with van der Waals surface area (Å²) in [5.41, 5.74) is 12.1. The summed E-state index contributed by atoms with van der Waals surface area (Å²) in [4.78, 5) is 1.39. The van der Waals surface area contributed by atoms with Crippen molar-refractivity contribution in [1.82, 2.24) is 0 Å². The van der Waals surface area contributed by atoms with Crippen molar-refractivity contribution in [3.63, 3.8) is 0 Å². The van der Waals surface area contributed by atoms with Crippen LogP contribution >= 0.6 is 11.3 Å². The number of phenols is 1. The van der Waals surface area contributed by atoms with Crippen LogP contribution in [-0.4, -0.2) is 5.11 Å². The van der Waals surface area contributed by atoms with Gasteiger partial charge in [0.2, 0.25) is 0 Å². The molecule has 1 heterocycles. The molecule has 0 fully saturated rings. The summed E-state index contributed by atoms with van der Waals surface area (Å²) >= 11 is 1.80. The molecule has 0 amide bonds. The Bertz CT molecular complexity index is 646. The summed E-state index contributed by atoms with van der Waals surface area (Å²) in [6, 6.07) is 4.28. The Balaban J connectivity index is 2.00. The largest absolute Gasteiger partial charge is 0.505 e. The predicted octanol–water partition coefficient (Wildman–Crippen LogP) is 4.65. The van der Waals surface area contributed by atoms with E-state index in [1.54, 1.807) is 11.3 Å². The molecule has 0 bridgehead atoms. The van der Waals surface area contributed by atoms with Gasteiger partial charge in [0.05, 0.1) is 5.69 Å². The lowest BCUT2D eigenvalue weighted by Crippen LogP contribution is -2.13. The van der Waals surface area contributed by atoms with Crippen LogP contribution in [0.5, 0.6) is 5.75 Å². The fourth-order valence-corrected chi connectivity index (χ4v) is 4.40. The van der Waals surface area contributed by atoms with E-state index in [0.29, 0.717) is 11.4 Å². The number of phenolic OH excluding ortho intramolecular Hbond substituents is 1. The van der Waals surface area contributed by atoms with Gasteiger partial charge in [-0.1, -0.05) is 19.4 Å². The van der Waals surface area contributed by atoms with Crippen LogP contribution in [0.4, 0.5) is 5.69 Å². The Morgan fingerprint density at radius 2 is 1.86 bits per heavy atom. The third-order valence-electron chi connectivity index (χ3n) is 4.76. The molecule has 1 aromatic heterocycles. The molecular weight excluding hydrogens is 290 g/mol. The van der Waals surface area contributed by atoms with E-state index in [2.05, 4.69) is 24.4 Å². The number of aromatic hydroxyl groups is 1. The number of rotatable bonds is 5. The van der Waals surface area contributed by atoms with Crippen molar-refractivity contribution in [2.24, 2.45) is 0 Å². The first-order valence-corrected chi connectivity index (χ1v) is 9.26. The first kappa shape index (κ1) is 15.4. The molecule has 1 aliphatic carbocycles. The van der Waals surface area contributed by atoms with Crippen molar-refractivity contribution in [2.45, 2.75) is 58.3 Å². The zero-order valence-electron chi connectivity index (χ0n) is 13.3. The van der Waals surface area contributed by atoms with Gasteiger partial charge in [-0.2, -0.15) is 0 Å². The number of aryl methyl sites for hydroxylation is 1. The minimum absolute atomic E-state index is 0.371. The second-order valence-corrected chi connectivity index (χ2v) is 7.25. The normalized spacial score (nSPS) is 14.0. The number of thiophene rings is 1. The minimum atomic E-state index is 0.371. The van der Waals surface area contributed by atoms with Crippen LogP contribution in [0.3, 0.4) is 0 Å². The molecule has 3 rings (SSSR count). The van der Waals surface area contributed by atoms with Crippen LogP contribution in [0, 0.1) is 0 Å². The van der Waals surface area contributed by atoms with Gasteiger partial charge >= 0.3 is 0 Å². The van der Waals surface area contributed by atoms with Gasteiger partial charge in [0.25, 0.3) is 0 Å². The quantitative estimate of drug-likeness (QED) is 0.623. The highest BCUT2D eigenvalue weighted by Gasteiger charge is 2.23. The van der Waals surface area contributed by atoms with Crippen molar-refractivity contribution in [3.05, 3.63) is 44.6 Å². The molecule has 2 nitrogen and oxygen atoms in total. The van der Waals surface area contributed by atoms with Gasteiger partial charge in [-0.05, 0) is 78.6 Å². The fourth-order valence-electron chi connectivity index (χ4n) is 3.69. The Labute approximate surface area is 137 Å². The smallest absolute Gasteiger partial charge is 0.142 e. The number of hydrogen-bond acceptors (Lipinski definition) is 3. The molecule has 1 aromatic carbocycles. The zero-order valence-corrected chi connectivity index (χ0v) is 14.1. The molecule has 0 atom stereocenters. The van der Waals surface area contributed by atoms with Crippen molar-refractivity contribution in [1.29, 1.82) is 0 Å². The maximum atomic E-state index is 10.6. The van der Waals surface area contributed by atoms with E-state index in [0.717, 1.165) is 44.1 Å². The summed E-state index contributed by atoms with van der Waals surface area (Å²) < 4.78 is 0. The average molecular weight is 315 g/mol. The topological polar surface area (TPSA) is 46.2 Å². The van der Waals surface area contributed by atoms with Gasteiger partial charge in [-0.3, -0.25) is 0 Å². The molecule has 3 heteroatoms. The van der Waals surface area contributed by atoms with Gasteiger partial charge < -0.3 is 10.8 Å². The van der Waals surface area contributed by atoms with Crippen LogP contribution in [0.25, 0.3) is 0 Å². The molecule has 0 spiro atoms. The third-order valence-corrected chi connectivity index (χ3v) is 5.70. The monoisotopic (exact) mass is 315 g/mol. The summed E-state index contributed by atoms with van der Waals surface area (Å²) in [6.45, 7) is 2.22. The van der Waals surface area contributed by atoms with Crippen LogP contribution < -0.4 is 5.73 Å². The molecule has 0 radical (unpaired) electrons. The molecule has 1 aliphatic rings. The molecule has 22 heavy (non-hydrogen) atoms. The second kappa shape index (κ2) is 6.74. The standard InChI is InChI=1S/C19H25NOS/c1-2-6-14-15-8-3-4-9-17(15)19(21)18(20)16(14)11-10-13-7-5-12-22-13/h5,7,12,21H,2-4,6,8-11,20H2,1H3. The Kier molecular flexibility index (Phi) is 4.72. The number of fused-ring (bicyclic) bond motifs is 1. The summed E-state index contributed by atoms with van der Waals surface area (Å²) in [5.74, 6) is 0.371. The molecule has 2 aromatic rings. The third kappa shape index (κ3) is 2.87. The summed E-state index contributed by atoms with van der Waals surface area (Å²) in [7, 11) is 0. The molecule has 3 N–H and O–H groups in total. The first-order chi connectivity index (χ1) is 10.7. The van der Waals surface area contributed by atoms with E-state index in [1.165, 1.54) is 34.4 Å². The first-order valence-electron chi connectivity index (χ1n) is 8.38. The Morgan fingerprint density at radius 1 is 1.09 bits per heavy atom. The van der Waals surface area contributed by atoms with Crippen molar-refractivity contribution in [2.75, 3.05) is 5.73 Å². The fraction of sp³-hybridized carbons (Fsp3) is 0.474. The van der Waals surface area contributed by atoms with Crippen LogP contribution in [0.15, 0.2) is 17.5 Å². The molecule has 0 saturated carbocycles. The minimum Gasteiger partial charge on any atom is -0.505 e. The van der Waals surface area contributed by atoms with E-state index >= 15 is 0 Å². The van der Waals surface area contributed by atoms with Crippen LogP contribution in [0.2, 0.25) is 0 Å². The molecule has 0 saturated heterocycles. The van der Waals surface area contributed by atoms with Gasteiger partial charge in [0.1, 0.15) is 5.75 Å². The highest BCUT2D eigenvalue weighted by molar-refractivity contribution is 7.09. The lowest BCUT2D eigenvalue weighted by atomic mass is 9.82. The average Bonchev–Trinajstić information content (AvgIpc) is 3.05. The van der Waals surface area contributed by atoms with Gasteiger partial charge in [-0.25, -0.2) is 0 Å². The Hall–Kier alpha value is -1.48. The molecular formula is C19H25NOS. The highest BCUT2D eigenvalue weighted by atomic mass is 32.1. The highest BCUT2D eigenvalue weighted by Crippen LogP contribution is 2.40. The molecule has 118 valence electrons. The number of anilines is 1. The van der Waals surface area contributed by atoms with E-state index in [9.17, 15) is 5.11 Å². The van der Waals surface area contributed by atoms with Crippen molar-refractivity contribution < 1.29 is 5.11 Å². The lowest BCUT2D eigenvalue weighted by Gasteiger charge is -2.25. The van der Waals surface area contributed by atoms with Crippen molar-refractivity contribution in [3.8, 4) is 5.75 Å². The van der Waals surface area contributed by atoms with Crippen LogP contribution in [-0.2, 0) is 32.1 Å². The molecule has 0 unspecified atom stereocenters. The maximum absolute atomic E-state index is 10.6. The number of benzene rings is 1. The van der Waals surface area contributed by atoms with Crippen LogP contribution in [0.1, 0.15) is 53.3 Å². The summed E-state index contributed by atoms with van der Waals surface area (Å²) in [5, 5.41) is 12.7. The van der Waals surface area contributed by atoms with E-state index in [1.807, 2.05) is 0 Å². The van der Waals surface area contributed by atoms with Gasteiger partial charge in [0, 0.05) is 4.88 Å². The predicted molar refractivity (Wildman–Crippen MR) is 94.9 cm³/mol. The number of nitrogen functional groups attached to an aromatic ring is 1. The van der Waals surface area contributed by atoms with Gasteiger partial charge in [0.15, 0.2) is 0 Å². The Morgan fingerprint density at radius 3 is 2.55 bits per heavy atom. The zero-order chi connectivity index (χ0) is 15.5. The molecule has 0 aliphatic heterocycles. The second-order valence-electron chi connectivity index (χ2n) is 6.21. The van der Waals surface area contributed by atoms with E-state index in [-0.39, 0.29) is 0 Å².